The van der Waals surface area contributed by atoms with E-state index >= 15 is 0 Å². The molecule has 0 aromatic carbocycles. The highest BCUT2D eigenvalue weighted by atomic mass is 16.6. The van der Waals surface area contributed by atoms with Gasteiger partial charge in [-0.05, 0) is 32.9 Å². The molecule has 0 N–H and O–H groups in total. The van der Waals surface area contributed by atoms with Crippen molar-refractivity contribution in [1.29, 1.82) is 0 Å². The van der Waals surface area contributed by atoms with Crippen LogP contribution in [0.4, 0.5) is 4.79 Å². The monoisotopic (exact) mass is 303 g/mol. The van der Waals surface area contributed by atoms with Crippen LogP contribution in [0.2, 0.25) is 0 Å². The maximum atomic E-state index is 11.9. The minimum atomic E-state index is -0.594. The number of carbonyl (C=O) groups excluding carboxylic acids is 2. The van der Waals surface area contributed by atoms with E-state index in [2.05, 4.69) is 14.8 Å². The van der Waals surface area contributed by atoms with Crippen LogP contribution in [0.3, 0.4) is 0 Å². The van der Waals surface area contributed by atoms with Gasteiger partial charge in [-0.25, -0.2) is 9.59 Å². The molecule has 0 fully saturated rings. The number of esters is 1. The molecule has 0 spiro atoms. The number of hydrogen-bond acceptors (Lipinski definition) is 6. The summed E-state index contributed by atoms with van der Waals surface area (Å²) < 4.78 is 10.9. The lowest BCUT2D eigenvalue weighted by atomic mass is 10.2. The van der Waals surface area contributed by atoms with Crippen molar-refractivity contribution < 1.29 is 19.1 Å². The second kappa shape index (κ2) is 5.97. The molecule has 0 radical (unpaired) electrons. The van der Waals surface area contributed by atoms with Crippen LogP contribution in [0.5, 0.6) is 0 Å². The molecule has 2 heterocycles. The molecule has 0 atom stereocenters. The number of nitrogens with zero attached hydrogens (tertiary/aromatic N) is 3. The molecule has 0 saturated carbocycles. The molecule has 0 aliphatic carbocycles. The van der Waals surface area contributed by atoms with E-state index in [1.54, 1.807) is 32.9 Å². The largest absolute Gasteiger partial charge is 0.465 e. The zero-order valence-electron chi connectivity index (χ0n) is 12.9. The Labute approximate surface area is 127 Å². The van der Waals surface area contributed by atoms with E-state index in [-0.39, 0.29) is 0 Å². The van der Waals surface area contributed by atoms with Crippen molar-refractivity contribution >= 4 is 12.1 Å². The highest BCUT2D eigenvalue weighted by Crippen LogP contribution is 2.17. The normalized spacial score (nSPS) is 11.1. The van der Waals surface area contributed by atoms with Gasteiger partial charge in [0, 0.05) is 18.0 Å². The summed E-state index contributed by atoms with van der Waals surface area (Å²) in [6.07, 6.45) is 3.87. The fourth-order valence-corrected chi connectivity index (χ4v) is 1.67. The van der Waals surface area contributed by atoms with Gasteiger partial charge >= 0.3 is 12.1 Å². The lowest BCUT2D eigenvalue weighted by molar-refractivity contribution is 0.0513. The van der Waals surface area contributed by atoms with E-state index in [0.29, 0.717) is 16.8 Å². The Morgan fingerprint density at radius 1 is 1.18 bits per heavy atom. The summed E-state index contributed by atoms with van der Waals surface area (Å²) in [5.74, 6) is -0.455. The molecule has 2 aromatic rings. The third kappa shape index (κ3) is 3.69. The van der Waals surface area contributed by atoms with Gasteiger partial charge < -0.3 is 9.47 Å². The number of ether oxygens (including phenoxy) is 2. The van der Waals surface area contributed by atoms with Crippen LogP contribution < -0.4 is 0 Å². The van der Waals surface area contributed by atoms with Gasteiger partial charge in [0.1, 0.15) is 5.60 Å². The fraction of sp³-hybridized carbons (Fsp3) is 0.333. The van der Waals surface area contributed by atoms with E-state index in [0.717, 1.165) is 4.68 Å². The molecular formula is C15H17N3O4. The van der Waals surface area contributed by atoms with Crippen molar-refractivity contribution in [3.63, 3.8) is 0 Å². The zero-order valence-corrected chi connectivity index (χ0v) is 12.9. The second-order valence-electron chi connectivity index (χ2n) is 5.58. The van der Waals surface area contributed by atoms with Gasteiger partial charge in [-0.1, -0.05) is 0 Å². The first-order valence-corrected chi connectivity index (χ1v) is 6.63. The minimum Gasteiger partial charge on any atom is -0.465 e. The molecule has 2 aromatic heterocycles. The Kier molecular flexibility index (Phi) is 4.25. The molecule has 0 bridgehead atoms. The maximum absolute atomic E-state index is 11.9. The Hall–Kier alpha value is -2.70. The van der Waals surface area contributed by atoms with E-state index in [4.69, 9.17) is 4.74 Å². The van der Waals surface area contributed by atoms with Crippen molar-refractivity contribution in [2.45, 2.75) is 26.4 Å². The fourth-order valence-electron chi connectivity index (χ4n) is 1.67. The van der Waals surface area contributed by atoms with Gasteiger partial charge in [0.15, 0.2) is 0 Å². The highest BCUT2D eigenvalue weighted by Gasteiger charge is 2.19. The lowest BCUT2D eigenvalue weighted by Gasteiger charge is -2.18. The first-order valence-electron chi connectivity index (χ1n) is 6.63. The quantitative estimate of drug-likeness (QED) is 0.793. The van der Waals surface area contributed by atoms with Crippen LogP contribution in [-0.4, -0.2) is 39.5 Å². The molecule has 116 valence electrons. The van der Waals surface area contributed by atoms with Crippen LogP contribution in [0.15, 0.2) is 30.7 Å². The number of methoxy groups -OCH3 is 1. The predicted octanol–water partition coefficient (Wildman–Crippen LogP) is 2.51. The van der Waals surface area contributed by atoms with Crippen LogP contribution in [-0.2, 0) is 9.47 Å². The Morgan fingerprint density at radius 3 is 2.45 bits per heavy atom. The molecule has 2 rings (SSSR count). The highest BCUT2D eigenvalue weighted by molar-refractivity contribution is 5.89. The number of rotatable bonds is 2. The molecule has 7 nitrogen and oxygen atoms in total. The van der Waals surface area contributed by atoms with Crippen molar-refractivity contribution in [3.05, 3.63) is 36.3 Å². The predicted molar refractivity (Wildman–Crippen MR) is 78.4 cm³/mol. The molecule has 7 heteroatoms. The van der Waals surface area contributed by atoms with Crippen LogP contribution in [0, 0.1) is 0 Å². The molecule has 22 heavy (non-hydrogen) atoms. The number of hydrogen-bond donors (Lipinski definition) is 0. The van der Waals surface area contributed by atoms with E-state index in [9.17, 15) is 9.59 Å². The Morgan fingerprint density at radius 2 is 1.91 bits per heavy atom. The molecular weight excluding hydrogens is 286 g/mol. The standard InChI is InChI=1S/C15H17N3O4/c1-15(2,3)22-14(20)18-9-11(8-17-18)12-6-5-10(7-16-12)13(19)21-4/h5-9H,1-4H3. The first kappa shape index (κ1) is 15.7. The summed E-state index contributed by atoms with van der Waals surface area (Å²) in [7, 11) is 1.31. The van der Waals surface area contributed by atoms with Crippen LogP contribution in [0.25, 0.3) is 11.3 Å². The Bertz CT molecular complexity index is 684. The SMILES string of the molecule is COC(=O)c1ccc(-c2cnn(C(=O)OC(C)(C)C)c2)nc1. The van der Waals surface area contributed by atoms with Gasteiger partial charge in [0.05, 0.1) is 24.6 Å². The van der Waals surface area contributed by atoms with Gasteiger partial charge in [-0.15, -0.1) is 0 Å². The number of aromatic nitrogens is 3. The Balaban J connectivity index is 2.18. The third-order valence-corrected chi connectivity index (χ3v) is 2.64. The first-order chi connectivity index (χ1) is 10.3. The van der Waals surface area contributed by atoms with Gasteiger partial charge in [-0.2, -0.15) is 9.78 Å². The smallest absolute Gasteiger partial charge is 0.435 e. The number of carbonyl (C=O) groups is 2. The third-order valence-electron chi connectivity index (χ3n) is 2.64. The minimum absolute atomic E-state index is 0.353. The van der Waals surface area contributed by atoms with Crippen molar-refractivity contribution in [1.82, 2.24) is 14.8 Å². The van der Waals surface area contributed by atoms with Crippen LogP contribution >= 0.6 is 0 Å². The summed E-state index contributed by atoms with van der Waals surface area (Å²) in [5.41, 5.74) is 0.986. The average molecular weight is 303 g/mol. The summed E-state index contributed by atoms with van der Waals surface area (Å²) >= 11 is 0. The van der Waals surface area contributed by atoms with E-state index in [1.165, 1.54) is 25.7 Å². The van der Waals surface area contributed by atoms with Crippen LogP contribution in [0.1, 0.15) is 31.1 Å². The molecule has 0 amide bonds. The summed E-state index contributed by atoms with van der Waals surface area (Å²) in [4.78, 5) is 27.4. The van der Waals surface area contributed by atoms with Crippen molar-refractivity contribution in [2.24, 2.45) is 0 Å². The van der Waals surface area contributed by atoms with Gasteiger partial charge in [0.2, 0.25) is 0 Å². The zero-order chi connectivity index (χ0) is 16.3. The van der Waals surface area contributed by atoms with Gasteiger partial charge in [-0.3, -0.25) is 4.98 Å². The molecule has 0 saturated heterocycles. The maximum Gasteiger partial charge on any atom is 0.435 e. The van der Waals surface area contributed by atoms with Crippen molar-refractivity contribution in [3.8, 4) is 11.3 Å². The topological polar surface area (TPSA) is 83.3 Å². The summed E-state index contributed by atoms with van der Waals surface area (Å²) in [5, 5.41) is 3.96. The summed E-state index contributed by atoms with van der Waals surface area (Å²) in [6, 6.07) is 3.25. The molecule has 0 aliphatic heterocycles. The molecule has 0 unspecified atom stereocenters. The van der Waals surface area contributed by atoms with Crippen molar-refractivity contribution in [2.75, 3.05) is 7.11 Å². The summed E-state index contributed by atoms with van der Waals surface area (Å²) in [6.45, 7) is 5.34. The average Bonchev–Trinajstić information content (AvgIpc) is 2.95. The van der Waals surface area contributed by atoms with E-state index < -0.39 is 17.7 Å². The van der Waals surface area contributed by atoms with Gasteiger partial charge in [0.25, 0.3) is 0 Å². The van der Waals surface area contributed by atoms with E-state index in [1.807, 2.05) is 0 Å². The number of pyridine rings is 1. The molecule has 0 aliphatic rings. The lowest BCUT2D eigenvalue weighted by Crippen LogP contribution is -2.27. The second-order valence-corrected chi connectivity index (χ2v) is 5.58.